The molecule has 0 aliphatic carbocycles. The Labute approximate surface area is 202 Å². The van der Waals surface area contributed by atoms with Crippen LogP contribution in [0.4, 0.5) is 4.39 Å². The maximum absolute atomic E-state index is 13.5. The predicted molar refractivity (Wildman–Crippen MR) is 132 cm³/mol. The fourth-order valence-corrected chi connectivity index (χ4v) is 3.86. The van der Waals surface area contributed by atoms with E-state index >= 15 is 0 Å². The maximum atomic E-state index is 13.5. The summed E-state index contributed by atoms with van der Waals surface area (Å²) in [4.78, 5) is 28.5. The molecule has 0 bridgehead atoms. The Morgan fingerprint density at radius 3 is 2.09 bits per heavy atom. The standard InChI is InChI=1S/C27H28BrFN2O2/c1-19(2)30-27(33)25(16-20-6-4-3-5-7-20)31(18-22-8-12-23(28)13-9-22)26(32)17-21-10-14-24(29)15-11-21/h3-15,19,25H,16-18H2,1-2H3,(H,30,33)/t25-/m0/s1. The third kappa shape index (κ3) is 7.53. The van der Waals surface area contributed by atoms with Crippen molar-refractivity contribution in [3.8, 4) is 0 Å². The van der Waals surface area contributed by atoms with E-state index in [0.29, 0.717) is 12.0 Å². The second kappa shape index (κ2) is 11.8. The van der Waals surface area contributed by atoms with Crippen molar-refractivity contribution in [1.29, 1.82) is 0 Å². The van der Waals surface area contributed by atoms with Gasteiger partial charge in [-0.15, -0.1) is 0 Å². The van der Waals surface area contributed by atoms with Crippen LogP contribution in [0.15, 0.2) is 83.3 Å². The molecule has 0 radical (unpaired) electrons. The van der Waals surface area contributed by atoms with Crippen LogP contribution in [0, 0.1) is 5.82 Å². The summed E-state index contributed by atoms with van der Waals surface area (Å²) in [7, 11) is 0. The first-order valence-electron chi connectivity index (χ1n) is 10.9. The summed E-state index contributed by atoms with van der Waals surface area (Å²) in [5, 5.41) is 2.97. The molecular weight excluding hydrogens is 483 g/mol. The molecule has 0 unspecified atom stereocenters. The van der Waals surface area contributed by atoms with Crippen LogP contribution in [-0.2, 0) is 29.0 Å². The highest BCUT2D eigenvalue weighted by Crippen LogP contribution is 2.18. The largest absolute Gasteiger partial charge is 0.352 e. The fraction of sp³-hybridized carbons (Fsp3) is 0.259. The van der Waals surface area contributed by atoms with Gasteiger partial charge in [-0.05, 0) is 54.8 Å². The molecule has 0 saturated heterocycles. The highest BCUT2D eigenvalue weighted by Gasteiger charge is 2.30. The van der Waals surface area contributed by atoms with Crippen molar-refractivity contribution >= 4 is 27.7 Å². The number of carbonyl (C=O) groups is 2. The molecule has 0 saturated carbocycles. The second-order valence-electron chi connectivity index (χ2n) is 8.32. The summed E-state index contributed by atoms with van der Waals surface area (Å²) in [6, 6.07) is 22.5. The van der Waals surface area contributed by atoms with Crippen LogP contribution in [0.2, 0.25) is 0 Å². The Bertz CT molecular complexity index is 1050. The molecule has 3 rings (SSSR count). The lowest BCUT2D eigenvalue weighted by Crippen LogP contribution is -2.52. The maximum Gasteiger partial charge on any atom is 0.243 e. The van der Waals surface area contributed by atoms with Gasteiger partial charge in [0.05, 0.1) is 6.42 Å². The summed E-state index contributed by atoms with van der Waals surface area (Å²) in [5.41, 5.74) is 2.59. The minimum atomic E-state index is -0.689. The van der Waals surface area contributed by atoms with Crippen molar-refractivity contribution in [3.05, 3.63) is 106 Å². The van der Waals surface area contributed by atoms with Gasteiger partial charge >= 0.3 is 0 Å². The quantitative estimate of drug-likeness (QED) is 0.424. The zero-order valence-electron chi connectivity index (χ0n) is 18.8. The van der Waals surface area contributed by atoms with Crippen LogP contribution in [-0.4, -0.2) is 28.8 Å². The summed E-state index contributed by atoms with van der Waals surface area (Å²) >= 11 is 3.44. The Morgan fingerprint density at radius 1 is 0.879 bits per heavy atom. The molecule has 0 spiro atoms. The number of hydrogen-bond donors (Lipinski definition) is 1. The molecule has 0 heterocycles. The Balaban J connectivity index is 1.95. The molecule has 0 aliphatic rings. The van der Waals surface area contributed by atoms with Crippen LogP contribution in [0.3, 0.4) is 0 Å². The minimum absolute atomic E-state index is 0.0579. The van der Waals surface area contributed by atoms with Gasteiger partial charge in [-0.25, -0.2) is 4.39 Å². The van der Waals surface area contributed by atoms with Crippen LogP contribution in [0.1, 0.15) is 30.5 Å². The number of halogens is 2. The first kappa shape index (κ1) is 24.6. The van der Waals surface area contributed by atoms with Gasteiger partial charge in [0, 0.05) is 23.5 Å². The number of nitrogens with zero attached hydrogens (tertiary/aromatic N) is 1. The van der Waals surface area contributed by atoms with Crippen molar-refractivity contribution < 1.29 is 14.0 Å². The van der Waals surface area contributed by atoms with Crippen LogP contribution >= 0.6 is 15.9 Å². The van der Waals surface area contributed by atoms with E-state index in [1.165, 1.54) is 12.1 Å². The monoisotopic (exact) mass is 510 g/mol. The Kier molecular flexibility index (Phi) is 8.78. The normalized spacial score (nSPS) is 11.8. The lowest BCUT2D eigenvalue weighted by Gasteiger charge is -2.32. The number of rotatable bonds is 9. The van der Waals surface area contributed by atoms with Crippen LogP contribution < -0.4 is 5.32 Å². The summed E-state index contributed by atoms with van der Waals surface area (Å²) < 4.78 is 14.3. The second-order valence-corrected chi connectivity index (χ2v) is 9.24. The van der Waals surface area contributed by atoms with Crippen molar-refractivity contribution in [2.75, 3.05) is 0 Å². The highest BCUT2D eigenvalue weighted by molar-refractivity contribution is 9.10. The molecule has 4 nitrogen and oxygen atoms in total. The molecule has 0 aliphatic heterocycles. The molecule has 172 valence electrons. The van der Waals surface area contributed by atoms with Crippen LogP contribution in [0.25, 0.3) is 0 Å². The van der Waals surface area contributed by atoms with Crippen molar-refractivity contribution in [2.45, 2.75) is 45.3 Å². The summed E-state index contributed by atoms with van der Waals surface area (Å²) in [6.45, 7) is 4.09. The van der Waals surface area contributed by atoms with E-state index in [-0.39, 0.29) is 36.6 Å². The number of hydrogen-bond acceptors (Lipinski definition) is 2. The van der Waals surface area contributed by atoms with Gasteiger partial charge in [0.1, 0.15) is 11.9 Å². The molecule has 1 atom stereocenters. The molecular formula is C27H28BrFN2O2. The molecule has 6 heteroatoms. The molecule has 0 fully saturated rings. The van der Waals surface area contributed by atoms with Crippen LogP contribution in [0.5, 0.6) is 0 Å². The zero-order valence-corrected chi connectivity index (χ0v) is 20.4. The number of amides is 2. The van der Waals surface area contributed by atoms with Gasteiger partial charge in [0.15, 0.2) is 0 Å². The van der Waals surface area contributed by atoms with E-state index in [9.17, 15) is 14.0 Å². The van der Waals surface area contributed by atoms with E-state index in [2.05, 4.69) is 21.2 Å². The average molecular weight is 511 g/mol. The van der Waals surface area contributed by atoms with E-state index < -0.39 is 6.04 Å². The minimum Gasteiger partial charge on any atom is -0.352 e. The molecule has 0 aromatic heterocycles. The topological polar surface area (TPSA) is 49.4 Å². The highest BCUT2D eigenvalue weighted by atomic mass is 79.9. The first-order valence-corrected chi connectivity index (χ1v) is 11.7. The molecule has 3 aromatic carbocycles. The number of benzene rings is 3. The van der Waals surface area contributed by atoms with E-state index in [4.69, 9.17) is 0 Å². The van der Waals surface area contributed by atoms with E-state index in [0.717, 1.165) is 15.6 Å². The van der Waals surface area contributed by atoms with Crippen molar-refractivity contribution in [1.82, 2.24) is 10.2 Å². The molecule has 33 heavy (non-hydrogen) atoms. The SMILES string of the molecule is CC(C)NC(=O)[C@H](Cc1ccccc1)N(Cc1ccc(Br)cc1)C(=O)Cc1ccc(F)cc1. The van der Waals surface area contributed by atoms with Gasteiger partial charge in [-0.2, -0.15) is 0 Å². The third-order valence-electron chi connectivity index (χ3n) is 5.24. The van der Waals surface area contributed by atoms with Crippen molar-refractivity contribution in [3.63, 3.8) is 0 Å². The molecule has 1 N–H and O–H groups in total. The van der Waals surface area contributed by atoms with Crippen molar-refractivity contribution in [2.24, 2.45) is 0 Å². The lowest BCUT2D eigenvalue weighted by molar-refractivity contribution is -0.141. The van der Waals surface area contributed by atoms with Gasteiger partial charge in [-0.1, -0.05) is 70.5 Å². The number of nitrogens with one attached hydrogen (secondary N) is 1. The smallest absolute Gasteiger partial charge is 0.243 e. The lowest BCUT2D eigenvalue weighted by atomic mass is 10.0. The Hall–Kier alpha value is -2.99. The molecule has 2 amide bonds. The average Bonchev–Trinajstić information content (AvgIpc) is 2.79. The van der Waals surface area contributed by atoms with Gasteiger partial charge in [0.2, 0.25) is 11.8 Å². The summed E-state index contributed by atoms with van der Waals surface area (Å²) in [5.74, 6) is -0.737. The van der Waals surface area contributed by atoms with Gasteiger partial charge < -0.3 is 10.2 Å². The third-order valence-corrected chi connectivity index (χ3v) is 5.77. The van der Waals surface area contributed by atoms with Gasteiger partial charge in [0.25, 0.3) is 0 Å². The molecule has 3 aromatic rings. The summed E-state index contributed by atoms with van der Waals surface area (Å²) in [6.07, 6.45) is 0.474. The Morgan fingerprint density at radius 2 is 1.48 bits per heavy atom. The van der Waals surface area contributed by atoms with E-state index in [1.807, 2.05) is 68.4 Å². The van der Waals surface area contributed by atoms with E-state index in [1.54, 1.807) is 17.0 Å². The van der Waals surface area contributed by atoms with Gasteiger partial charge in [-0.3, -0.25) is 9.59 Å². The number of carbonyl (C=O) groups excluding carboxylic acids is 2. The first-order chi connectivity index (χ1) is 15.8. The fourth-order valence-electron chi connectivity index (χ4n) is 3.60. The predicted octanol–water partition coefficient (Wildman–Crippen LogP) is 5.30. The zero-order chi connectivity index (χ0) is 23.8.